The number of carbonyl (C=O) groups is 1. The lowest BCUT2D eigenvalue weighted by atomic mass is 9.97. The third-order valence-corrected chi connectivity index (χ3v) is 7.02. The Balaban J connectivity index is 1.67. The molecular formula is C26H17FN2O4S. The second-order valence-electron chi connectivity index (χ2n) is 8.10. The number of para-hydroxylation sites is 1. The molecular weight excluding hydrogens is 455 g/mol. The van der Waals surface area contributed by atoms with Crippen molar-refractivity contribution in [3.63, 3.8) is 0 Å². The van der Waals surface area contributed by atoms with E-state index < -0.39 is 17.8 Å². The average molecular weight is 472 g/mol. The van der Waals surface area contributed by atoms with Crippen molar-refractivity contribution >= 4 is 43.6 Å². The zero-order valence-electron chi connectivity index (χ0n) is 18.2. The second-order valence-corrected chi connectivity index (χ2v) is 9.11. The van der Waals surface area contributed by atoms with Gasteiger partial charge in [-0.25, -0.2) is 9.37 Å². The van der Waals surface area contributed by atoms with Crippen LogP contribution in [0.2, 0.25) is 0 Å². The largest absolute Gasteiger partial charge is 0.496 e. The van der Waals surface area contributed by atoms with E-state index in [1.165, 1.54) is 35.5 Å². The fourth-order valence-electron chi connectivity index (χ4n) is 4.46. The quantitative estimate of drug-likeness (QED) is 0.341. The van der Waals surface area contributed by atoms with E-state index in [9.17, 15) is 14.0 Å². The fourth-order valence-corrected chi connectivity index (χ4v) is 5.48. The Hall–Kier alpha value is -4.04. The first-order valence-corrected chi connectivity index (χ1v) is 11.4. The number of carbonyl (C=O) groups excluding carboxylic acids is 1. The molecule has 8 heteroatoms. The summed E-state index contributed by atoms with van der Waals surface area (Å²) < 4.78 is 26.0. The Morgan fingerprint density at radius 2 is 1.91 bits per heavy atom. The normalized spacial score (nSPS) is 15.3. The summed E-state index contributed by atoms with van der Waals surface area (Å²) in [6.45, 7) is 1.89. The van der Waals surface area contributed by atoms with Crippen LogP contribution in [-0.4, -0.2) is 18.0 Å². The fraction of sp³-hybridized carbons (Fsp3) is 0.115. The van der Waals surface area contributed by atoms with E-state index >= 15 is 0 Å². The molecule has 5 aromatic rings. The zero-order valence-corrected chi connectivity index (χ0v) is 19.0. The van der Waals surface area contributed by atoms with Gasteiger partial charge in [-0.15, -0.1) is 0 Å². The molecule has 0 fully saturated rings. The van der Waals surface area contributed by atoms with Crippen molar-refractivity contribution in [1.29, 1.82) is 0 Å². The number of amides is 1. The van der Waals surface area contributed by atoms with Gasteiger partial charge in [0.05, 0.1) is 28.3 Å². The number of halogens is 1. The number of fused-ring (bicyclic) bond motifs is 3. The lowest BCUT2D eigenvalue weighted by molar-refractivity contribution is 0.0971. The number of ether oxygens (including phenoxy) is 1. The minimum Gasteiger partial charge on any atom is -0.496 e. The van der Waals surface area contributed by atoms with Gasteiger partial charge in [0, 0.05) is 5.56 Å². The number of hydrogen-bond donors (Lipinski definition) is 0. The number of aryl methyl sites for hydroxylation is 1. The number of methoxy groups -OCH3 is 1. The molecule has 3 aromatic carbocycles. The smallest absolute Gasteiger partial charge is 0.297 e. The first kappa shape index (κ1) is 20.6. The maximum atomic E-state index is 13.8. The van der Waals surface area contributed by atoms with Crippen molar-refractivity contribution in [1.82, 2.24) is 4.98 Å². The maximum Gasteiger partial charge on any atom is 0.297 e. The molecule has 2 aromatic heterocycles. The molecule has 0 radical (unpaired) electrons. The summed E-state index contributed by atoms with van der Waals surface area (Å²) in [6.07, 6.45) is 0. The molecule has 1 aliphatic heterocycles. The van der Waals surface area contributed by atoms with Gasteiger partial charge in [0.25, 0.3) is 5.91 Å². The molecule has 1 atom stereocenters. The lowest BCUT2D eigenvalue weighted by Gasteiger charge is -2.24. The highest BCUT2D eigenvalue weighted by Crippen LogP contribution is 2.45. The standard InChI is InChI=1S/C26H17FN2O4S/c1-13-7-10-19-16(11-13)23(30)21-22(15-5-3-4-6-18(15)32-2)29(25(31)24(21)33-19)26-28-17-9-8-14(27)12-20(17)34-26/h3-12,22H,1-2H3/t22-/m1/s1. The van der Waals surface area contributed by atoms with Crippen molar-refractivity contribution in [3.8, 4) is 5.75 Å². The Bertz CT molecular complexity index is 1690. The second kappa shape index (κ2) is 7.50. The molecule has 0 spiro atoms. The molecule has 1 aliphatic rings. The summed E-state index contributed by atoms with van der Waals surface area (Å²) in [5.74, 6) is -0.375. The molecule has 6 rings (SSSR count). The number of thiazole rings is 1. The molecule has 0 bridgehead atoms. The Morgan fingerprint density at radius 1 is 1.09 bits per heavy atom. The van der Waals surface area contributed by atoms with Crippen LogP contribution in [0.25, 0.3) is 21.2 Å². The van der Waals surface area contributed by atoms with Gasteiger partial charge >= 0.3 is 0 Å². The summed E-state index contributed by atoms with van der Waals surface area (Å²) in [4.78, 5) is 33.5. The molecule has 6 nitrogen and oxygen atoms in total. The Labute approximate surface area is 196 Å². The summed E-state index contributed by atoms with van der Waals surface area (Å²) in [5, 5.41) is 0.743. The van der Waals surface area contributed by atoms with Gasteiger partial charge < -0.3 is 9.15 Å². The molecule has 1 amide bonds. The first-order valence-electron chi connectivity index (χ1n) is 10.6. The van der Waals surface area contributed by atoms with Crippen LogP contribution < -0.4 is 15.1 Å². The van der Waals surface area contributed by atoms with Crippen molar-refractivity contribution in [2.45, 2.75) is 13.0 Å². The molecule has 0 unspecified atom stereocenters. The maximum absolute atomic E-state index is 13.8. The minimum absolute atomic E-state index is 0.0253. The molecule has 34 heavy (non-hydrogen) atoms. The molecule has 0 N–H and O–H groups in total. The summed E-state index contributed by atoms with van der Waals surface area (Å²) >= 11 is 1.18. The highest BCUT2D eigenvalue weighted by Gasteiger charge is 2.46. The average Bonchev–Trinajstić information content (AvgIpc) is 3.37. The van der Waals surface area contributed by atoms with Crippen molar-refractivity contribution in [3.05, 3.63) is 99.2 Å². The Morgan fingerprint density at radius 3 is 2.74 bits per heavy atom. The van der Waals surface area contributed by atoms with E-state index in [1.807, 2.05) is 31.2 Å². The minimum atomic E-state index is -0.815. The van der Waals surface area contributed by atoms with Gasteiger partial charge in [-0.2, -0.15) is 0 Å². The van der Waals surface area contributed by atoms with Crippen molar-refractivity contribution < 1.29 is 18.3 Å². The van der Waals surface area contributed by atoms with Gasteiger partial charge in [-0.05, 0) is 43.3 Å². The first-order chi connectivity index (χ1) is 16.5. The van der Waals surface area contributed by atoms with Gasteiger partial charge in [0.1, 0.15) is 23.2 Å². The molecule has 0 saturated heterocycles. The number of benzene rings is 3. The van der Waals surface area contributed by atoms with Crippen LogP contribution in [-0.2, 0) is 0 Å². The van der Waals surface area contributed by atoms with Crippen LogP contribution in [0.4, 0.5) is 9.52 Å². The van der Waals surface area contributed by atoms with E-state index in [4.69, 9.17) is 9.15 Å². The summed E-state index contributed by atoms with van der Waals surface area (Å²) in [5.41, 5.74) is 2.39. The number of hydrogen-bond acceptors (Lipinski definition) is 6. The molecule has 0 saturated carbocycles. The predicted octanol–water partition coefficient (Wildman–Crippen LogP) is 5.61. The molecule has 0 aliphatic carbocycles. The van der Waals surface area contributed by atoms with Crippen LogP contribution >= 0.6 is 11.3 Å². The Kier molecular flexibility index (Phi) is 4.53. The van der Waals surface area contributed by atoms with Gasteiger partial charge in [-0.1, -0.05) is 41.2 Å². The third-order valence-electron chi connectivity index (χ3n) is 6.00. The number of anilines is 1. The summed E-state index contributed by atoms with van der Waals surface area (Å²) in [7, 11) is 1.54. The van der Waals surface area contributed by atoms with Gasteiger partial charge in [0.2, 0.25) is 5.76 Å². The SMILES string of the molecule is COc1ccccc1[C@@H]1c2c(oc3ccc(C)cc3c2=O)C(=O)N1c1nc2ccc(F)cc2s1. The van der Waals surface area contributed by atoms with Crippen LogP contribution in [0.5, 0.6) is 5.75 Å². The van der Waals surface area contributed by atoms with E-state index in [-0.39, 0.29) is 16.8 Å². The monoisotopic (exact) mass is 472 g/mol. The highest BCUT2D eigenvalue weighted by atomic mass is 32.1. The van der Waals surface area contributed by atoms with Crippen molar-refractivity contribution in [2.75, 3.05) is 12.0 Å². The van der Waals surface area contributed by atoms with E-state index in [1.54, 1.807) is 24.3 Å². The zero-order chi connectivity index (χ0) is 23.6. The van der Waals surface area contributed by atoms with Gasteiger partial charge in [0.15, 0.2) is 10.6 Å². The van der Waals surface area contributed by atoms with E-state index in [0.29, 0.717) is 37.6 Å². The van der Waals surface area contributed by atoms with E-state index in [2.05, 4.69) is 4.98 Å². The lowest BCUT2D eigenvalue weighted by Crippen LogP contribution is -2.29. The van der Waals surface area contributed by atoms with E-state index in [0.717, 1.165) is 5.56 Å². The molecule has 168 valence electrons. The number of aromatic nitrogens is 1. The van der Waals surface area contributed by atoms with Crippen LogP contribution in [0.3, 0.4) is 0 Å². The predicted molar refractivity (Wildman–Crippen MR) is 128 cm³/mol. The van der Waals surface area contributed by atoms with Crippen LogP contribution in [0.15, 0.2) is 69.9 Å². The topological polar surface area (TPSA) is 72.6 Å². The number of rotatable bonds is 3. The highest BCUT2D eigenvalue weighted by molar-refractivity contribution is 7.22. The van der Waals surface area contributed by atoms with Crippen LogP contribution in [0.1, 0.15) is 33.3 Å². The van der Waals surface area contributed by atoms with Crippen LogP contribution in [0, 0.1) is 12.7 Å². The third kappa shape index (κ3) is 2.95. The van der Waals surface area contributed by atoms with Crippen molar-refractivity contribution in [2.24, 2.45) is 0 Å². The molecule has 3 heterocycles. The van der Waals surface area contributed by atoms with Gasteiger partial charge in [-0.3, -0.25) is 14.5 Å². The summed E-state index contributed by atoms with van der Waals surface area (Å²) in [6, 6.07) is 16.0. The number of nitrogens with zero attached hydrogens (tertiary/aromatic N) is 2.